The zero-order chi connectivity index (χ0) is 17.1. The Kier molecular flexibility index (Phi) is 4.76. The molecular weight excluding hydrogens is 322 g/mol. The lowest BCUT2D eigenvalue weighted by Gasteiger charge is -2.01. The number of amides is 1. The lowest BCUT2D eigenvalue weighted by Crippen LogP contribution is -2.20. The molecule has 0 aliphatic carbocycles. The molecule has 0 bridgehead atoms. The summed E-state index contributed by atoms with van der Waals surface area (Å²) in [5.74, 6) is 1.14. The average Bonchev–Trinajstić information content (AvgIpc) is 3.21. The van der Waals surface area contributed by atoms with Crippen LogP contribution in [0.3, 0.4) is 0 Å². The highest BCUT2D eigenvalue weighted by Crippen LogP contribution is 2.29. The van der Waals surface area contributed by atoms with Crippen LogP contribution >= 0.6 is 11.3 Å². The smallest absolute Gasteiger partial charge is 0.258 e. The molecule has 0 saturated carbocycles. The van der Waals surface area contributed by atoms with Crippen LogP contribution in [0.25, 0.3) is 22.2 Å². The number of hydrogen-bond acceptors (Lipinski definition) is 5. The van der Waals surface area contributed by atoms with Crippen LogP contribution < -0.4 is 5.32 Å². The van der Waals surface area contributed by atoms with E-state index in [-0.39, 0.29) is 5.91 Å². The van der Waals surface area contributed by atoms with Crippen LogP contribution in [0.4, 0.5) is 0 Å². The summed E-state index contributed by atoms with van der Waals surface area (Å²) in [7, 11) is 0. The molecule has 124 valence electrons. The van der Waals surface area contributed by atoms with Crippen molar-refractivity contribution in [2.24, 2.45) is 0 Å². The average molecular weight is 341 g/mol. The molecule has 3 aromatic rings. The van der Waals surface area contributed by atoms with Crippen LogP contribution in [0.2, 0.25) is 0 Å². The highest BCUT2D eigenvalue weighted by molar-refractivity contribution is 7.15. The number of carbonyl (C=O) groups excluding carboxylic acids is 1. The Morgan fingerprint density at radius 3 is 2.83 bits per heavy atom. The van der Waals surface area contributed by atoms with Gasteiger partial charge in [-0.1, -0.05) is 29.8 Å². The fourth-order valence-electron chi connectivity index (χ4n) is 2.39. The van der Waals surface area contributed by atoms with Gasteiger partial charge in [-0.05, 0) is 37.6 Å². The molecule has 1 amide bonds. The number of nitrogens with one attached hydrogen (secondary N) is 1. The Bertz CT molecular complexity index is 867. The van der Waals surface area contributed by atoms with Gasteiger partial charge in [-0.25, -0.2) is 0 Å². The molecule has 0 fully saturated rings. The topological polar surface area (TPSA) is 68.0 Å². The second-order valence-electron chi connectivity index (χ2n) is 5.64. The van der Waals surface area contributed by atoms with E-state index in [1.807, 2.05) is 38.1 Å². The molecule has 3 rings (SSSR count). The number of rotatable bonds is 5. The normalized spacial score (nSPS) is 10.8. The molecule has 0 aliphatic heterocycles. The molecule has 0 aliphatic rings. The van der Waals surface area contributed by atoms with E-state index in [0.717, 1.165) is 20.9 Å². The van der Waals surface area contributed by atoms with Gasteiger partial charge in [-0.3, -0.25) is 4.79 Å². The lowest BCUT2D eigenvalue weighted by molar-refractivity contribution is -0.120. The van der Waals surface area contributed by atoms with E-state index in [1.54, 1.807) is 11.3 Å². The fraction of sp³-hybridized carbons (Fsp3) is 0.278. The molecule has 6 heteroatoms. The van der Waals surface area contributed by atoms with Gasteiger partial charge in [0.2, 0.25) is 11.7 Å². The first-order chi connectivity index (χ1) is 11.6. The van der Waals surface area contributed by atoms with Gasteiger partial charge in [0, 0.05) is 16.9 Å². The molecule has 5 nitrogen and oxygen atoms in total. The third-order valence-electron chi connectivity index (χ3n) is 3.70. The zero-order valence-electron chi connectivity index (χ0n) is 13.9. The maximum absolute atomic E-state index is 11.3. The molecule has 0 radical (unpaired) electrons. The standard InChI is InChI=1S/C18H19N3O2S/c1-4-16(22)19-10-13-6-8-15(24-13)17-20-18(23-21-17)14-7-5-11(2)9-12(14)3/h5-9H,4,10H2,1-3H3,(H,19,22). The quantitative estimate of drug-likeness (QED) is 0.758. The molecule has 24 heavy (non-hydrogen) atoms. The van der Waals surface area contributed by atoms with Crippen molar-refractivity contribution in [2.75, 3.05) is 0 Å². The largest absolute Gasteiger partial charge is 0.351 e. The molecule has 2 heterocycles. The summed E-state index contributed by atoms with van der Waals surface area (Å²) in [5, 5.41) is 6.95. The van der Waals surface area contributed by atoms with E-state index in [9.17, 15) is 4.79 Å². The van der Waals surface area contributed by atoms with Crippen molar-refractivity contribution in [1.29, 1.82) is 0 Å². The lowest BCUT2D eigenvalue weighted by atomic mass is 10.1. The van der Waals surface area contributed by atoms with Crippen molar-refractivity contribution in [3.05, 3.63) is 46.3 Å². The summed E-state index contributed by atoms with van der Waals surface area (Å²) < 4.78 is 5.43. The summed E-state index contributed by atoms with van der Waals surface area (Å²) in [5.41, 5.74) is 3.26. The van der Waals surface area contributed by atoms with E-state index in [4.69, 9.17) is 4.52 Å². The van der Waals surface area contributed by atoms with Crippen LogP contribution in [0.5, 0.6) is 0 Å². The van der Waals surface area contributed by atoms with E-state index < -0.39 is 0 Å². The molecule has 0 saturated heterocycles. The van der Waals surface area contributed by atoms with Gasteiger partial charge in [-0.15, -0.1) is 11.3 Å². The highest BCUT2D eigenvalue weighted by atomic mass is 32.1. The van der Waals surface area contributed by atoms with E-state index in [0.29, 0.717) is 24.7 Å². The number of benzene rings is 1. The van der Waals surface area contributed by atoms with E-state index in [1.165, 1.54) is 5.56 Å². The van der Waals surface area contributed by atoms with Crippen molar-refractivity contribution in [3.8, 4) is 22.2 Å². The van der Waals surface area contributed by atoms with Crippen molar-refractivity contribution in [3.63, 3.8) is 0 Å². The minimum absolute atomic E-state index is 0.0432. The Balaban J connectivity index is 1.78. The Morgan fingerprint density at radius 1 is 1.25 bits per heavy atom. The number of thiophene rings is 1. The van der Waals surface area contributed by atoms with Crippen molar-refractivity contribution in [2.45, 2.75) is 33.7 Å². The number of nitrogens with zero attached hydrogens (tertiary/aromatic N) is 2. The SMILES string of the molecule is CCC(=O)NCc1ccc(-c2noc(-c3ccc(C)cc3C)n2)s1. The molecule has 2 aromatic heterocycles. The van der Waals surface area contributed by atoms with Crippen LogP contribution in [0, 0.1) is 13.8 Å². The summed E-state index contributed by atoms with van der Waals surface area (Å²) in [6, 6.07) is 10.1. The molecule has 1 N–H and O–H groups in total. The predicted octanol–water partition coefficient (Wildman–Crippen LogP) is 4.11. The summed E-state index contributed by atoms with van der Waals surface area (Å²) in [6.45, 7) is 6.45. The number of aromatic nitrogens is 2. The minimum atomic E-state index is 0.0432. The molecule has 0 spiro atoms. The first-order valence-corrected chi connectivity index (χ1v) is 8.65. The molecule has 0 unspecified atom stereocenters. The monoisotopic (exact) mass is 341 g/mol. The third-order valence-corrected chi connectivity index (χ3v) is 4.78. The first-order valence-electron chi connectivity index (χ1n) is 7.84. The predicted molar refractivity (Wildman–Crippen MR) is 94.7 cm³/mol. The van der Waals surface area contributed by atoms with Crippen LogP contribution in [-0.4, -0.2) is 16.0 Å². The zero-order valence-corrected chi connectivity index (χ0v) is 14.7. The Morgan fingerprint density at radius 2 is 2.08 bits per heavy atom. The maximum Gasteiger partial charge on any atom is 0.258 e. The van der Waals surface area contributed by atoms with Gasteiger partial charge >= 0.3 is 0 Å². The van der Waals surface area contributed by atoms with Crippen molar-refractivity contribution < 1.29 is 9.32 Å². The van der Waals surface area contributed by atoms with Gasteiger partial charge in [0.1, 0.15) is 0 Å². The van der Waals surface area contributed by atoms with Gasteiger partial charge in [-0.2, -0.15) is 4.98 Å². The molecular formula is C18H19N3O2S. The first kappa shape index (κ1) is 16.4. The van der Waals surface area contributed by atoms with Gasteiger partial charge in [0.25, 0.3) is 5.89 Å². The molecule has 0 atom stereocenters. The summed E-state index contributed by atoms with van der Waals surface area (Å²) in [6.07, 6.45) is 0.488. The Labute approximate surface area is 144 Å². The van der Waals surface area contributed by atoms with Gasteiger partial charge in [0.15, 0.2) is 0 Å². The van der Waals surface area contributed by atoms with Crippen LogP contribution in [0.15, 0.2) is 34.9 Å². The molecule has 1 aromatic carbocycles. The minimum Gasteiger partial charge on any atom is -0.351 e. The van der Waals surface area contributed by atoms with E-state index >= 15 is 0 Å². The van der Waals surface area contributed by atoms with Crippen molar-refractivity contribution >= 4 is 17.2 Å². The summed E-state index contributed by atoms with van der Waals surface area (Å²) >= 11 is 1.55. The number of aryl methyl sites for hydroxylation is 2. The van der Waals surface area contributed by atoms with E-state index in [2.05, 4.69) is 28.4 Å². The third kappa shape index (κ3) is 3.54. The van der Waals surface area contributed by atoms with Crippen LogP contribution in [0.1, 0.15) is 29.3 Å². The van der Waals surface area contributed by atoms with Crippen LogP contribution in [-0.2, 0) is 11.3 Å². The second-order valence-corrected chi connectivity index (χ2v) is 6.81. The maximum atomic E-state index is 11.3. The van der Waals surface area contributed by atoms with Crippen molar-refractivity contribution in [1.82, 2.24) is 15.5 Å². The second kappa shape index (κ2) is 6.97. The Hall–Kier alpha value is -2.47. The number of hydrogen-bond donors (Lipinski definition) is 1. The highest BCUT2D eigenvalue weighted by Gasteiger charge is 2.14. The number of carbonyl (C=O) groups is 1. The fourth-order valence-corrected chi connectivity index (χ4v) is 3.26. The van der Waals surface area contributed by atoms with Gasteiger partial charge < -0.3 is 9.84 Å². The summed E-state index contributed by atoms with van der Waals surface area (Å²) in [4.78, 5) is 17.8. The van der Waals surface area contributed by atoms with Gasteiger partial charge in [0.05, 0.1) is 11.4 Å².